The van der Waals surface area contributed by atoms with E-state index in [-0.39, 0.29) is 0 Å². The van der Waals surface area contributed by atoms with Crippen molar-refractivity contribution in [3.8, 4) is 0 Å². The molecule has 4 heteroatoms. The molecule has 0 spiro atoms. The minimum absolute atomic E-state index is 0.911. The van der Waals surface area contributed by atoms with Gasteiger partial charge in [-0.15, -0.1) is 0 Å². The molecule has 214 valence electrons. The van der Waals surface area contributed by atoms with Gasteiger partial charge in [0.1, 0.15) is 0 Å². The third-order valence-electron chi connectivity index (χ3n) is 8.02. The fourth-order valence-corrected chi connectivity index (χ4v) is 5.35. The van der Waals surface area contributed by atoms with Gasteiger partial charge >= 0.3 is 0 Å². The number of rotatable bonds is 12. The average Bonchev–Trinajstić information content (AvgIpc) is 3.06. The lowest BCUT2D eigenvalue weighted by molar-refractivity contribution is 0.832. The molecule has 42 heavy (non-hydrogen) atoms. The number of hydrogen-bond donors (Lipinski definition) is 0. The van der Waals surface area contributed by atoms with E-state index in [9.17, 15) is 0 Å². The van der Waals surface area contributed by atoms with Crippen LogP contribution in [-0.2, 0) is 13.1 Å². The standard InChI is InChI=1S/C38H42N4/c1-5-41(29-31-13-9-7-10-14-31)37-25-21-35(22-26-37)39(3)33-17-19-34(20-18-33)40(4)36-23-27-38(28-24-36)42(6-2)30-32-15-11-8-12-16-32/h7-28H,5-6,29-30H2,1-4H3. The van der Waals surface area contributed by atoms with Gasteiger partial charge in [-0.25, -0.2) is 0 Å². The van der Waals surface area contributed by atoms with Crippen LogP contribution < -0.4 is 19.6 Å². The van der Waals surface area contributed by atoms with E-state index in [2.05, 4.69) is 181 Å². The Balaban J connectivity index is 1.22. The molecule has 0 heterocycles. The Morgan fingerprint density at radius 3 is 0.881 bits per heavy atom. The lowest BCUT2D eigenvalue weighted by Crippen LogP contribution is -2.22. The van der Waals surface area contributed by atoms with Gasteiger partial charge in [-0.2, -0.15) is 0 Å². The highest BCUT2D eigenvalue weighted by Gasteiger charge is 2.11. The Kier molecular flexibility index (Phi) is 9.45. The second-order valence-corrected chi connectivity index (χ2v) is 10.7. The minimum atomic E-state index is 0.911. The van der Waals surface area contributed by atoms with Gasteiger partial charge < -0.3 is 19.6 Å². The molecule has 0 N–H and O–H groups in total. The van der Waals surface area contributed by atoms with Crippen molar-refractivity contribution in [3.63, 3.8) is 0 Å². The van der Waals surface area contributed by atoms with Crippen LogP contribution in [0.1, 0.15) is 25.0 Å². The van der Waals surface area contributed by atoms with Crippen LogP contribution in [0.15, 0.2) is 133 Å². The quantitative estimate of drug-likeness (QED) is 0.152. The molecule has 0 saturated heterocycles. The van der Waals surface area contributed by atoms with Crippen LogP contribution in [0.4, 0.5) is 34.1 Å². The van der Waals surface area contributed by atoms with Crippen molar-refractivity contribution in [2.75, 3.05) is 46.8 Å². The van der Waals surface area contributed by atoms with Crippen LogP contribution in [0, 0.1) is 0 Å². The van der Waals surface area contributed by atoms with E-state index in [1.807, 2.05) is 0 Å². The summed E-state index contributed by atoms with van der Waals surface area (Å²) in [6.45, 7) is 8.17. The van der Waals surface area contributed by atoms with E-state index in [1.54, 1.807) is 0 Å². The van der Waals surface area contributed by atoms with E-state index in [0.29, 0.717) is 0 Å². The SMILES string of the molecule is CCN(Cc1ccccc1)c1ccc(N(C)c2ccc(N(C)c3ccc(N(CC)Cc4ccccc4)cc3)cc2)cc1. The first-order valence-corrected chi connectivity index (χ1v) is 14.9. The highest BCUT2D eigenvalue weighted by molar-refractivity contribution is 5.70. The minimum Gasteiger partial charge on any atom is -0.367 e. The summed E-state index contributed by atoms with van der Waals surface area (Å²) in [6.07, 6.45) is 0. The molecule has 0 aliphatic carbocycles. The Bertz CT molecular complexity index is 1380. The number of benzene rings is 5. The van der Waals surface area contributed by atoms with Gasteiger partial charge in [-0.05, 0) is 97.8 Å². The van der Waals surface area contributed by atoms with Gasteiger partial charge in [0.25, 0.3) is 0 Å². The molecule has 0 radical (unpaired) electrons. The van der Waals surface area contributed by atoms with Gasteiger partial charge in [0.2, 0.25) is 0 Å². The molecule has 0 saturated carbocycles. The summed E-state index contributed by atoms with van der Waals surface area (Å²) in [7, 11) is 4.26. The first-order valence-electron chi connectivity index (χ1n) is 14.9. The summed E-state index contributed by atoms with van der Waals surface area (Å²) in [5, 5.41) is 0. The molecule has 0 aromatic heterocycles. The molecule has 0 amide bonds. The van der Waals surface area contributed by atoms with Crippen molar-refractivity contribution >= 4 is 34.1 Å². The fourth-order valence-electron chi connectivity index (χ4n) is 5.35. The molecule has 0 aliphatic rings. The number of anilines is 6. The molecule has 0 atom stereocenters. The molecule has 0 aliphatic heterocycles. The molecule has 5 aromatic rings. The predicted molar refractivity (Wildman–Crippen MR) is 182 cm³/mol. The maximum atomic E-state index is 2.40. The molecular formula is C38H42N4. The molecule has 0 unspecified atom stereocenters. The summed E-state index contributed by atoms with van der Waals surface area (Å²) in [5.74, 6) is 0. The molecule has 0 fully saturated rings. The molecule has 5 aromatic carbocycles. The zero-order valence-corrected chi connectivity index (χ0v) is 25.3. The maximum absolute atomic E-state index is 2.40. The largest absolute Gasteiger partial charge is 0.367 e. The van der Waals surface area contributed by atoms with Gasteiger partial charge in [0, 0.05) is 74.4 Å². The van der Waals surface area contributed by atoms with Crippen molar-refractivity contribution in [3.05, 3.63) is 145 Å². The molecule has 4 nitrogen and oxygen atoms in total. The van der Waals surface area contributed by atoms with Crippen LogP contribution in [0.5, 0.6) is 0 Å². The van der Waals surface area contributed by atoms with Crippen molar-refractivity contribution in [1.82, 2.24) is 0 Å². The Morgan fingerprint density at radius 2 is 0.619 bits per heavy atom. The second kappa shape index (κ2) is 13.8. The third-order valence-corrected chi connectivity index (χ3v) is 8.02. The zero-order chi connectivity index (χ0) is 29.3. The monoisotopic (exact) mass is 554 g/mol. The van der Waals surface area contributed by atoms with Crippen LogP contribution >= 0.6 is 0 Å². The smallest absolute Gasteiger partial charge is 0.0429 e. The molecular weight excluding hydrogens is 512 g/mol. The number of nitrogens with zero attached hydrogens (tertiary/aromatic N) is 4. The number of hydrogen-bond acceptors (Lipinski definition) is 4. The zero-order valence-electron chi connectivity index (χ0n) is 25.3. The van der Waals surface area contributed by atoms with Crippen molar-refractivity contribution < 1.29 is 0 Å². The van der Waals surface area contributed by atoms with E-state index >= 15 is 0 Å². The van der Waals surface area contributed by atoms with Crippen LogP contribution in [0.3, 0.4) is 0 Å². The summed E-state index contributed by atoms with van der Waals surface area (Å²) in [4.78, 5) is 9.28. The average molecular weight is 555 g/mol. The van der Waals surface area contributed by atoms with Crippen LogP contribution in [-0.4, -0.2) is 27.2 Å². The van der Waals surface area contributed by atoms with E-state index < -0.39 is 0 Å². The maximum Gasteiger partial charge on any atom is 0.0429 e. The van der Waals surface area contributed by atoms with Gasteiger partial charge in [-0.3, -0.25) is 0 Å². The molecule has 0 bridgehead atoms. The third kappa shape index (κ3) is 6.95. The summed E-state index contributed by atoms with van der Waals surface area (Å²) >= 11 is 0. The highest BCUT2D eigenvalue weighted by Crippen LogP contribution is 2.31. The fraction of sp³-hybridized carbons (Fsp3) is 0.211. The Morgan fingerprint density at radius 1 is 0.357 bits per heavy atom. The Labute approximate surface area is 252 Å². The van der Waals surface area contributed by atoms with E-state index in [4.69, 9.17) is 0 Å². The normalized spacial score (nSPS) is 10.8. The highest BCUT2D eigenvalue weighted by atomic mass is 15.1. The van der Waals surface area contributed by atoms with Crippen molar-refractivity contribution in [2.24, 2.45) is 0 Å². The van der Waals surface area contributed by atoms with Gasteiger partial charge in [0.05, 0.1) is 0 Å². The van der Waals surface area contributed by atoms with Crippen LogP contribution in [0.25, 0.3) is 0 Å². The topological polar surface area (TPSA) is 13.0 Å². The second-order valence-electron chi connectivity index (χ2n) is 10.7. The summed E-state index contributed by atoms with van der Waals surface area (Å²) in [6, 6.07) is 47.8. The van der Waals surface area contributed by atoms with Gasteiger partial charge in [0.15, 0.2) is 0 Å². The van der Waals surface area contributed by atoms with Crippen molar-refractivity contribution in [1.29, 1.82) is 0 Å². The van der Waals surface area contributed by atoms with E-state index in [1.165, 1.54) is 33.9 Å². The lowest BCUT2D eigenvalue weighted by atomic mass is 10.1. The summed E-state index contributed by atoms with van der Waals surface area (Å²) in [5.41, 5.74) is 9.79. The predicted octanol–water partition coefficient (Wildman–Crippen LogP) is 9.28. The first kappa shape index (κ1) is 28.8. The van der Waals surface area contributed by atoms with Crippen LogP contribution in [0.2, 0.25) is 0 Å². The first-order chi connectivity index (χ1) is 20.6. The Hall–Kier alpha value is -4.70. The van der Waals surface area contributed by atoms with Crippen molar-refractivity contribution in [2.45, 2.75) is 26.9 Å². The van der Waals surface area contributed by atoms with E-state index in [0.717, 1.165) is 37.6 Å². The van der Waals surface area contributed by atoms with Gasteiger partial charge in [-0.1, -0.05) is 60.7 Å². The lowest BCUT2D eigenvalue weighted by Gasteiger charge is -2.26. The molecule has 5 rings (SSSR count). The summed E-state index contributed by atoms with van der Waals surface area (Å²) < 4.78 is 0.